The van der Waals surface area contributed by atoms with Crippen LogP contribution in [0.15, 0.2) is 49.1 Å². The zero-order valence-corrected chi connectivity index (χ0v) is 18.4. The molecule has 3 aromatic heterocycles. The molecule has 4 aromatic rings. The Morgan fingerprint density at radius 1 is 1.24 bits per heavy atom. The number of fused-ring (bicyclic) bond motifs is 1. The number of aromatic nitrogens is 5. The van der Waals surface area contributed by atoms with E-state index in [-0.39, 0.29) is 5.82 Å². The topological polar surface area (TPSA) is 163 Å². The third-order valence-electron chi connectivity index (χ3n) is 5.74. The maximum atomic E-state index is 12.9. The molecule has 1 amide bonds. The molecule has 1 saturated heterocycles. The summed E-state index contributed by atoms with van der Waals surface area (Å²) in [6, 6.07) is 8.56. The average molecular weight is 465 g/mol. The van der Waals surface area contributed by atoms with E-state index in [0.29, 0.717) is 33.7 Å². The second kappa shape index (κ2) is 8.41. The summed E-state index contributed by atoms with van der Waals surface area (Å²) in [4.78, 5) is 21.3. The van der Waals surface area contributed by atoms with E-state index in [4.69, 9.17) is 15.2 Å². The third kappa shape index (κ3) is 3.63. The maximum absolute atomic E-state index is 12.9. The van der Waals surface area contributed by atoms with Crippen molar-refractivity contribution in [1.82, 2.24) is 24.3 Å². The molecule has 4 heterocycles. The van der Waals surface area contributed by atoms with Gasteiger partial charge in [0.2, 0.25) is 0 Å². The number of nitrogens with two attached hydrogens (primary N) is 1. The molecule has 1 aliphatic rings. The number of carbonyl (C=O) groups excluding carboxylic acids is 1. The van der Waals surface area contributed by atoms with Crippen molar-refractivity contribution in [3.05, 3.63) is 49.1 Å². The molecule has 12 heteroatoms. The predicted molar refractivity (Wildman–Crippen MR) is 122 cm³/mol. The van der Waals surface area contributed by atoms with Crippen molar-refractivity contribution in [1.29, 1.82) is 0 Å². The summed E-state index contributed by atoms with van der Waals surface area (Å²) in [5, 5.41) is 29.1. The molecule has 4 atom stereocenters. The largest absolute Gasteiger partial charge is 0.497 e. The van der Waals surface area contributed by atoms with Gasteiger partial charge in [0.05, 0.1) is 18.2 Å². The number of hydrogen-bond acceptors (Lipinski definition) is 9. The summed E-state index contributed by atoms with van der Waals surface area (Å²) in [5.41, 5.74) is 8.21. The molecule has 34 heavy (non-hydrogen) atoms. The van der Waals surface area contributed by atoms with Gasteiger partial charge in [-0.05, 0) is 18.2 Å². The van der Waals surface area contributed by atoms with E-state index in [2.05, 4.69) is 20.4 Å². The number of hydrogen-bond donors (Lipinski definition) is 4. The van der Waals surface area contributed by atoms with Crippen molar-refractivity contribution >= 4 is 28.4 Å². The van der Waals surface area contributed by atoms with E-state index in [1.807, 2.05) is 0 Å². The number of benzene rings is 1. The van der Waals surface area contributed by atoms with Gasteiger partial charge >= 0.3 is 0 Å². The zero-order chi connectivity index (χ0) is 24.0. The Morgan fingerprint density at radius 3 is 2.79 bits per heavy atom. The monoisotopic (exact) mass is 465 g/mol. The van der Waals surface area contributed by atoms with Crippen molar-refractivity contribution in [2.45, 2.75) is 24.5 Å². The van der Waals surface area contributed by atoms with Crippen molar-refractivity contribution in [2.24, 2.45) is 7.05 Å². The summed E-state index contributed by atoms with van der Waals surface area (Å²) >= 11 is 0. The molecule has 0 aliphatic carbocycles. The molecule has 176 valence electrons. The van der Waals surface area contributed by atoms with Gasteiger partial charge in [-0.1, -0.05) is 6.07 Å². The number of carbonyl (C=O) groups is 1. The van der Waals surface area contributed by atoms with E-state index < -0.39 is 30.4 Å². The van der Waals surface area contributed by atoms with Crippen LogP contribution in [0.5, 0.6) is 5.75 Å². The number of aliphatic hydroxyl groups excluding tert-OH is 2. The average Bonchev–Trinajstić information content (AvgIpc) is 3.51. The van der Waals surface area contributed by atoms with Crippen molar-refractivity contribution in [3.8, 4) is 17.0 Å². The van der Waals surface area contributed by atoms with E-state index in [9.17, 15) is 15.0 Å². The smallest absolute Gasteiger partial charge is 0.256 e. The van der Waals surface area contributed by atoms with Crippen LogP contribution in [0.2, 0.25) is 0 Å². The van der Waals surface area contributed by atoms with Gasteiger partial charge in [0.15, 0.2) is 12.3 Å². The highest BCUT2D eigenvalue weighted by molar-refractivity contribution is 6.00. The highest BCUT2D eigenvalue weighted by atomic mass is 16.6. The fourth-order valence-corrected chi connectivity index (χ4v) is 4.08. The van der Waals surface area contributed by atoms with Crippen LogP contribution in [0.1, 0.15) is 6.23 Å². The first-order valence-electron chi connectivity index (χ1n) is 10.4. The molecule has 5 rings (SSSR count). The number of aliphatic hydroxyl groups is 2. The van der Waals surface area contributed by atoms with E-state index in [1.54, 1.807) is 54.5 Å². The number of nitrogens with one attached hydrogen (secondary N) is 1. The summed E-state index contributed by atoms with van der Waals surface area (Å²) in [6.07, 6.45) is -0.592. The molecular weight excluding hydrogens is 442 g/mol. The molecule has 1 fully saturated rings. The highest BCUT2D eigenvalue weighted by Crippen LogP contribution is 2.38. The predicted octanol–water partition coefficient (Wildman–Crippen LogP) is 0.680. The minimum Gasteiger partial charge on any atom is -0.497 e. The van der Waals surface area contributed by atoms with Gasteiger partial charge < -0.3 is 35.3 Å². The number of anilines is 2. The SMILES string of the molecule is COc1cccc(NC(=O)[C@H]2O[C@@H](n3cc(-c4ccn(C)n4)c4c(N)ncnc43)[C@H](O)[C@@H]2O)c1. The number of ether oxygens (including phenoxy) is 2. The Balaban J connectivity index is 1.48. The lowest BCUT2D eigenvalue weighted by molar-refractivity contribution is -0.132. The van der Waals surface area contributed by atoms with Crippen molar-refractivity contribution < 1.29 is 24.5 Å². The summed E-state index contributed by atoms with van der Waals surface area (Å²) < 4.78 is 14.2. The van der Waals surface area contributed by atoms with Gasteiger partial charge in [-0.2, -0.15) is 5.10 Å². The Labute approximate surface area is 193 Å². The van der Waals surface area contributed by atoms with Crippen molar-refractivity contribution in [2.75, 3.05) is 18.2 Å². The van der Waals surface area contributed by atoms with Gasteiger partial charge in [0.1, 0.15) is 35.7 Å². The second-order valence-electron chi connectivity index (χ2n) is 7.93. The van der Waals surface area contributed by atoms with Crippen molar-refractivity contribution in [3.63, 3.8) is 0 Å². The Hall–Kier alpha value is -4.00. The molecule has 5 N–H and O–H groups in total. The standard InChI is InChI=1S/C22H23N7O5/c1-28-7-6-14(27-28)13-9-29(20-15(13)19(23)24-10-25-20)22-17(31)16(30)18(34-22)21(32)26-11-4-3-5-12(8-11)33-2/h3-10,16-18,22,30-31H,1-2H3,(H,26,32)(H2,23,24,25)/t16-,17+,18-,22+/m0/s1. The minimum absolute atomic E-state index is 0.227. The first-order valence-corrected chi connectivity index (χ1v) is 10.4. The van der Waals surface area contributed by atoms with Crippen LogP contribution in [0.3, 0.4) is 0 Å². The number of aryl methyl sites for hydroxylation is 1. The third-order valence-corrected chi connectivity index (χ3v) is 5.74. The van der Waals surface area contributed by atoms with Crippen LogP contribution in [0.25, 0.3) is 22.3 Å². The Kier molecular flexibility index (Phi) is 5.40. The van der Waals surface area contributed by atoms with E-state index in [0.717, 1.165) is 0 Å². The summed E-state index contributed by atoms with van der Waals surface area (Å²) in [6.45, 7) is 0. The second-order valence-corrected chi connectivity index (χ2v) is 7.93. The van der Waals surface area contributed by atoms with Crippen LogP contribution in [-0.4, -0.2) is 65.9 Å². The van der Waals surface area contributed by atoms with Gasteiger partial charge in [-0.3, -0.25) is 9.48 Å². The summed E-state index contributed by atoms with van der Waals surface area (Å²) in [5.74, 6) is 0.171. The molecule has 0 radical (unpaired) electrons. The molecule has 0 bridgehead atoms. The first-order chi connectivity index (χ1) is 16.4. The minimum atomic E-state index is -1.48. The Bertz CT molecular complexity index is 1370. The lowest BCUT2D eigenvalue weighted by atomic mass is 10.1. The molecule has 12 nitrogen and oxygen atoms in total. The highest BCUT2D eigenvalue weighted by Gasteiger charge is 2.48. The van der Waals surface area contributed by atoms with Crippen LogP contribution in [-0.2, 0) is 16.6 Å². The van der Waals surface area contributed by atoms with Crippen LogP contribution < -0.4 is 15.8 Å². The fraction of sp³-hybridized carbons (Fsp3) is 0.273. The van der Waals surface area contributed by atoms with Gasteiger partial charge in [0, 0.05) is 36.8 Å². The van der Waals surface area contributed by atoms with Gasteiger partial charge in [-0.15, -0.1) is 0 Å². The number of nitrogens with zero attached hydrogens (tertiary/aromatic N) is 5. The van der Waals surface area contributed by atoms with Crippen LogP contribution in [0.4, 0.5) is 11.5 Å². The summed E-state index contributed by atoms with van der Waals surface area (Å²) in [7, 11) is 3.30. The molecule has 1 aromatic carbocycles. The first kappa shape index (κ1) is 21.8. The molecule has 1 aliphatic heterocycles. The van der Waals surface area contributed by atoms with E-state index >= 15 is 0 Å². The number of methoxy groups -OCH3 is 1. The normalized spacial score (nSPS) is 22.2. The molecule has 0 spiro atoms. The Morgan fingerprint density at radius 2 is 2.06 bits per heavy atom. The molecule has 0 unspecified atom stereocenters. The van der Waals surface area contributed by atoms with E-state index in [1.165, 1.54) is 18.0 Å². The van der Waals surface area contributed by atoms with Crippen LogP contribution >= 0.6 is 0 Å². The molecule has 0 saturated carbocycles. The maximum Gasteiger partial charge on any atom is 0.256 e. The lowest BCUT2D eigenvalue weighted by Gasteiger charge is -2.17. The van der Waals surface area contributed by atoms with Gasteiger partial charge in [0.25, 0.3) is 5.91 Å². The number of amides is 1. The number of nitrogen functional groups attached to an aromatic ring is 1. The number of rotatable bonds is 5. The van der Waals surface area contributed by atoms with Gasteiger partial charge in [-0.25, -0.2) is 9.97 Å². The fourth-order valence-electron chi connectivity index (χ4n) is 4.08. The quantitative estimate of drug-likeness (QED) is 0.332. The van der Waals surface area contributed by atoms with Crippen LogP contribution in [0, 0.1) is 0 Å². The zero-order valence-electron chi connectivity index (χ0n) is 18.4. The lowest BCUT2D eigenvalue weighted by Crippen LogP contribution is -2.39. The molecular formula is C22H23N7O5.